The van der Waals surface area contributed by atoms with Gasteiger partial charge in [0.15, 0.2) is 0 Å². The van der Waals surface area contributed by atoms with E-state index in [0.29, 0.717) is 22.7 Å². The third-order valence-electron chi connectivity index (χ3n) is 4.46. The third kappa shape index (κ3) is 4.05. The van der Waals surface area contributed by atoms with Crippen molar-refractivity contribution in [2.24, 2.45) is 5.92 Å². The van der Waals surface area contributed by atoms with Crippen LogP contribution < -0.4 is 5.32 Å². The lowest BCUT2D eigenvalue weighted by molar-refractivity contribution is 0.0684. The monoisotopic (exact) mass is 340 g/mol. The predicted octanol–water partition coefficient (Wildman–Crippen LogP) is 3.95. The Labute approximate surface area is 146 Å². The second-order valence-corrected chi connectivity index (χ2v) is 6.51. The Morgan fingerprint density at radius 1 is 1.12 bits per heavy atom. The number of likely N-dealkylation sites (tertiary alicyclic amines) is 1. The van der Waals surface area contributed by atoms with Crippen molar-refractivity contribution in [1.29, 1.82) is 0 Å². The maximum Gasteiger partial charge on any atom is 0.255 e. The number of halogens is 1. The van der Waals surface area contributed by atoms with Crippen molar-refractivity contribution in [3.8, 4) is 0 Å². The number of hydrogen-bond acceptors (Lipinski definition) is 2. The van der Waals surface area contributed by atoms with Crippen LogP contribution >= 0.6 is 0 Å². The van der Waals surface area contributed by atoms with E-state index in [2.05, 4.69) is 12.2 Å². The molecular formula is C20H21FN2O2. The Morgan fingerprint density at radius 3 is 2.56 bits per heavy atom. The zero-order chi connectivity index (χ0) is 17.8. The normalized spacial score (nSPS) is 17.2. The van der Waals surface area contributed by atoms with Crippen LogP contribution in [0.25, 0.3) is 0 Å². The largest absolute Gasteiger partial charge is 0.338 e. The molecule has 0 unspecified atom stereocenters. The minimum Gasteiger partial charge on any atom is -0.338 e. The molecule has 3 rings (SSSR count). The Hall–Kier alpha value is -2.69. The molecular weight excluding hydrogens is 319 g/mol. The van der Waals surface area contributed by atoms with Gasteiger partial charge in [0, 0.05) is 18.7 Å². The summed E-state index contributed by atoms with van der Waals surface area (Å²) in [5.74, 6) is -0.348. The summed E-state index contributed by atoms with van der Waals surface area (Å²) in [7, 11) is 0. The lowest BCUT2D eigenvalue weighted by atomic mass is 9.99. The molecule has 0 bridgehead atoms. The summed E-state index contributed by atoms with van der Waals surface area (Å²) in [6, 6.07) is 12.3. The van der Waals surface area contributed by atoms with Crippen LogP contribution in [-0.4, -0.2) is 29.8 Å². The smallest absolute Gasteiger partial charge is 0.255 e. The van der Waals surface area contributed by atoms with E-state index in [9.17, 15) is 14.0 Å². The summed E-state index contributed by atoms with van der Waals surface area (Å²) in [4.78, 5) is 27.1. The molecule has 1 atom stereocenters. The number of piperidine rings is 1. The minimum absolute atomic E-state index is 0.0680. The highest BCUT2D eigenvalue weighted by Crippen LogP contribution is 2.22. The number of nitrogens with zero attached hydrogens (tertiary/aromatic N) is 1. The van der Waals surface area contributed by atoms with Crippen molar-refractivity contribution >= 4 is 17.5 Å². The first-order valence-corrected chi connectivity index (χ1v) is 8.50. The van der Waals surface area contributed by atoms with Gasteiger partial charge < -0.3 is 10.2 Å². The highest BCUT2D eigenvalue weighted by Gasteiger charge is 2.24. The van der Waals surface area contributed by atoms with Crippen molar-refractivity contribution in [1.82, 2.24) is 4.90 Å². The second-order valence-electron chi connectivity index (χ2n) is 6.51. The fraction of sp³-hybridized carbons (Fsp3) is 0.300. The first-order valence-electron chi connectivity index (χ1n) is 8.50. The third-order valence-corrected chi connectivity index (χ3v) is 4.46. The van der Waals surface area contributed by atoms with E-state index in [1.165, 1.54) is 24.3 Å². The Kier molecular flexibility index (Phi) is 5.12. The molecule has 0 saturated carbocycles. The number of carbonyl (C=O) groups is 2. The van der Waals surface area contributed by atoms with Gasteiger partial charge in [-0.15, -0.1) is 0 Å². The maximum absolute atomic E-state index is 13.0. The number of anilines is 1. The average Bonchev–Trinajstić information content (AvgIpc) is 2.62. The molecule has 1 saturated heterocycles. The van der Waals surface area contributed by atoms with Gasteiger partial charge in [-0.25, -0.2) is 4.39 Å². The molecule has 1 aliphatic rings. The Bertz CT molecular complexity index is 774. The van der Waals surface area contributed by atoms with E-state index < -0.39 is 5.82 Å². The maximum atomic E-state index is 13.0. The number of rotatable bonds is 3. The van der Waals surface area contributed by atoms with Gasteiger partial charge in [0.1, 0.15) is 5.82 Å². The number of para-hydroxylation sites is 1. The number of nitrogens with one attached hydrogen (secondary N) is 1. The summed E-state index contributed by atoms with van der Waals surface area (Å²) >= 11 is 0. The molecule has 0 aliphatic carbocycles. The van der Waals surface area contributed by atoms with Crippen LogP contribution in [0.5, 0.6) is 0 Å². The topological polar surface area (TPSA) is 49.4 Å². The van der Waals surface area contributed by atoms with Crippen LogP contribution in [0.1, 0.15) is 40.5 Å². The second kappa shape index (κ2) is 7.47. The fourth-order valence-electron chi connectivity index (χ4n) is 3.12. The van der Waals surface area contributed by atoms with Crippen LogP contribution in [0.3, 0.4) is 0 Å². The zero-order valence-corrected chi connectivity index (χ0v) is 14.2. The molecule has 0 aromatic heterocycles. The highest BCUT2D eigenvalue weighted by atomic mass is 19.1. The molecule has 4 nitrogen and oxygen atoms in total. The van der Waals surface area contributed by atoms with Crippen molar-refractivity contribution < 1.29 is 14.0 Å². The number of amides is 2. The SMILES string of the molecule is C[C@H]1CCCN(C(=O)c2ccccc2NC(=O)c2ccc(F)cc2)C1. The van der Waals surface area contributed by atoms with Crippen LogP contribution in [0.2, 0.25) is 0 Å². The van der Waals surface area contributed by atoms with Crippen molar-refractivity contribution in [3.63, 3.8) is 0 Å². The van der Waals surface area contributed by atoms with Gasteiger partial charge >= 0.3 is 0 Å². The lowest BCUT2D eigenvalue weighted by Gasteiger charge is -2.31. The zero-order valence-electron chi connectivity index (χ0n) is 14.2. The van der Waals surface area contributed by atoms with Crippen molar-refractivity contribution in [3.05, 3.63) is 65.5 Å². The molecule has 0 radical (unpaired) electrons. The Morgan fingerprint density at radius 2 is 1.84 bits per heavy atom. The van der Waals surface area contributed by atoms with Gasteiger partial charge in [-0.1, -0.05) is 19.1 Å². The number of benzene rings is 2. The summed E-state index contributed by atoms with van der Waals surface area (Å²) in [5, 5.41) is 2.77. The van der Waals surface area contributed by atoms with E-state index in [4.69, 9.17) is 0 Å². The average molecular weight is 340 g/mol. The summed E-state index contributed by atoms with van der Waals surface area (Å²) in [5.41, 5.74) is 1.29. The van der Waals surface area contributed by atoms with Crippen LogP contribution in [0, 0.1) is 11.7 Å². The van der Waals surface area contributed by atoms with Gasteiger partial charge in [0.2, 0.25) is 0 Å². The van der Waals surface area contributed by atoms with Gasteiger partial charge in [-0.2, -0.15) is 0 Å². The standard InChI is InChI=1S/C20H21FN2O2/c1-14-5-4-12-23(13-14)20(25)17-6-2-3-7-18(17)22-19(24)15-8-10-16(21)11-9-15/h2-3,6-11,14H,4-5,12-13H2,1H3,(H,22,24)/t14-/m0/s1. The van der Waals surface area contributed by atoms with Gasteiger partial charge in [-0.05, 0) is 55.2 Å². The fourth-order valence-corrected chi connectivity index (χ4v) is 3.12. The summed E-state index contributed by atoms with van der Waals surface area (Å²) in [6.45, 7) is 3.62. The van der Waals surface area contributed by atoms with E-state index in [0.717, 1.165) is 25.9 Å². The molecule has 1 heterocycles. The molecule has 1 fully saturated rings. The number of hydrogen-bond donors (Lipinski definition) is 1. The lowest BCUT2D eigenvalue weighted by Crippen LogP contribution is -2.39. The van der Waals surface area contributed by atoms with E-state index in [1.54, 1.807) is 24.3 Å². The molecule has 1 N–H and O–H groups in total. The van der Waals surface area contributed by atoms with Crippen molar-refractivity contribution in [2.45, 2.75) is 19.8 Å². The molecule has 130 valence electrons. The molecule has 0 spiro atoms. The van der Waals surface area contributed by atoms with Gasteiger partial charge in [0.25, 0.3) is 11.8 Å². The summed E-state index contributed by atoms with van der Waals surface area (Å²) in [6.07, 6.45) is 2.13. The quantitative estimate of drug-likeness (QED) is 0.920. The minimum atomic E-state index is -0.397. The first kappa shape index (κ1) is 17.1. The molecule has 5 heteroatoms. The van der Waals surface area contributed by atoms with Crippen LogP contribution in [0.4, 0.5) is 10.1 Å². The molecule has 2 amide bonds. The first-order chi connectivity index (χ1) is 12.0. The molecule has 25 heavy (non-hydrogen) atoms. The van der Waals surface area contributed by atoms with Crippen LogP contribution in [-0.2, 0) is 0 Å². The van der Waals surface area contributed by atoms with E-state index in [1.807, 2.05) is 4.90 Å². The predicted molar refractivity (Wildman–Crippen MR) is 95.1 cm³/mol. The van der Waals surface area contributed by atoms with Crippen LogP contribution in [0.15, 0.2) is 48.5 Å². The van der Waals surface area contributed by atoms with Gasteiger partial charge in [0.05, 0.1) is 11.3 Å². The summed E-state index contributed by atoms with van der Waals surface area (Å²) < 4.78 is 13.0. The molecule has 1 aliphatic heterocycles. The van der Waals surface area contributed by atoms with Crippen molar-refractivity contribution in [2.75, 3.05) is 18.4 Å². The molecule has 2 aromatic rings. The highest BCUT2D eigenvalue weighted by molar-refractivity contribution is 6.09. The van der Waals surface area contributed by atoms with E-state index in [-0.39, 0.29) is 11.8 Å². The van der Waals surface area contributed by atoms with E-state index >= 15 is 0 Å². The molecule has 2 aromatic carbocycles. The number of carbonyl (C=O) groups excluding carboxylic acids is 2. The van der Waals surface area contributed by atoms with Gasteiger partial charge in [-0.3, -0.25) is 9.59 Å². The Balaban J connectivity index is 1.79.